The van der Waals surface area contributed by atoms with Crippen molar-refractivity contribution in [2.45, 2.75) is 12.2 Å². The third-order valence-electron chi connectivity index (χ3n) is 5.89. The summed E-state index contributed by atoms with van der Waals surface area (Å²) in [5, 5.41) is 28.1. The molecule has 0 aliphatic carbocycles. The molecule has 0 amide bonds. The first-order valence-corrected chi connectivity index (χ1v) is 11.2. The summed E-state index contributed by atoms with van der Waals surface area (Å²) in [5.41, 5.74) is 2.10. The molecule has 0 bridgehead atoms. The Hall–Kier alpha value is -3.63. The van der Waals surface area contributed by atoms with Crippen LogP contribution in [0.1, 0.15) is 28.9 Å². The molecule has 2 N–H and O–H groups in total. The Bertz CT molecular complexity index is 1240. The average molecular weight is 528 g/mol. The van der Waals surface area contributed by atoms with E-state index in [1.807, 2.05) is 48.5 Å². The van der Waals surface area contributed by atoms with Gasteiger partial charge in [-0.1, -0.05) is 46.3 Å². The second-order valence-corrected chi connectivity index (χ2v) is 8.72. The number of methoxy groups -OCH3 is 2. The lowest BCUT2D eigenvalue weighted by atomic mass is 9.91. The monoisotopic (exact) mass is 527 g/mol. The van der Waals surface area contributed by atoms with Gasteiger partial charge in [0.25, 0.3) is 5.69 Å². The van der Waals surface area contributed by atoms with Gasteiger partial charge in [-0.25, -0.2) is 4.79 Å². The largest absolute Gasteiger partial charge is 0.867 e. The number of rotatable bonds is 6. The van der Waals surface area contributed by atoms with Crippen LogP contribution in [0.3, 0.4) is 0 Å². The molecule has 3 aromatic rings. The van der Waals surface area contributed by atoms with Gasteiger partial charge in [0.2, 0.25) is 0 Å². The molecule has 9 nitrogen and oxygen atoms in total. The quantitative estimate of drug-likeness (QED) is 0.287. The molecule has 3 aromatic carbocycles. The number of carbonyl (C=O) groups is 1. The fourth-order valence-corrected chi connectivity index (χ4v) is 4.73. The van der Waals surface area contributed by atoms with Crippen LogP contribution in [0.2, 0.25) is 0 Å². The maximum Gasteiger partial charge on any atom is 0.361 e. The van der Waals surface area contributed by atoms with Crippen LogP contribution >= 0.6 is 15.9 Å². The molecule has 176 valence electrons. The van der Waals surface area contributed by atoms with E-state index >= 15 is 0 Å². The van der Waals surface area contributed by atoms with Crippen LogP contribution in [0.15, 0.2) is 65.1 Å². The van der Waals surface area contributed by atoms with Crippen molar-refractivity contribution in [3.63, 3.8) is 0 Å². The summed E-state index contributed by atoms with van der Waals surface area (Å²) >= 11 is 3.52. The van der Waals surface area contributed by atoms with Crippen molar-refractivity contribution in [3.05, 3.63) is 91.9 Å². The summed E-state index contributed by atoms with van der Waals surface area (Å²) in [7, 11) is 2.67. The van der Waals surface area contributed by atoms with Gasteiger partial charge in [-0.3, -0.25) is 15.0 Å². The van der Waals surface area contributed by atoms with Crippen molar-refractivity contribution in [3.8, 4) is 11.5 Å². The number of ether oxygens (including phenoxy) is 2. The first-order chi connectivity index (χ1) is 16.3. The molecule has 0 saturated carbocycles. The number of nitro benzene ring substituents is 1. The zero-order valence-corrected chi connectivity index (χ0v) is 20.0. The Morgan fingerprint density at radius 3 is 2.50 bits per heavy atom. The second-order valence-electron chi connectivity index (χ2n) is 7.80. The topological polar surface area (TPSA) is 118 Å². The SMILES string of the molecule is COC(=O)C[NH+]1[C@@H](c2ccccc2)c2cc(Br)ccc2N[C@@H]1c1cc(OC)cc([N+](=O)[O-])c1[O-]. The third-order valence-corrected chi connectivity index (χ3v) is 6.38. The van der Waals surface area contributed by atoms with Crippen LogP contribution in [-0.4, -0.2) is 31.7 Å². The lowest BCUT2D eigenvalue weighted by molar-refractivity contribution is -0.947. The fourth-order valence-electron chi connectivity index (χ4n) is 4.35. The standard InChI is InChI=1S/C24H22BrN3O6/c1-33-16-11-18(23(30)20(12-16)28(31)32)24-26-19-9-8-15(25)10-17(19)22(14-6-4-3-5-7-14)27(24)13-21(29)34-2/h3-12,22,24,26,30H,13H2,1-2H3/t22-,24-/m0/s1. The van der Waals surface area contributed by atoms with Crippen LogP contribution in [0.25, 0.3) is 0 Å². The molecule has 0 fully saturated rings. The molecule has 34 heavy (non-hydrogen) atoms. The predicted octanol–water partition coefficient (Wildman–Crippen LogP) is 2.71. The maximum absolute atomic E-state index is 13.2. The van der Waals surface area contributed by atoms with E-state index in [1.54, 1.807) is 0 Å². The molecule has 0 spiro atoms. The Morgan fingerprint density at radius 1 is 1.12 bits per heavy atom. The summed E-state index contributed by atoms with van der Waals surface area (Å²) in [6, 6.07) is 17.5. The Labute approximate surface area is 204 Å². The molecule has 3 atom stereocenters. The van der Waals surface area contributed by atoms with Gasteiger partial charge in [0.15, 0.2) is 12.7 Å². The number of benzene rings is 3. The minimum Gasteiger partial charge on any atom is -0.867 e. The van der Waals surface area contributed by atoms with Crippen LogP contribution in [0.4, 0.5) is 11.4 Å². The van der Waals surface area contributed by atoms with Crippen molar-refractivity contribution in [1.82, 2.24) is 0 Å². The van der Waals surface area contributed by atoms with Crippen molar-refractivity contribution < 1.29 is 29.2 Å². The van der Waals surface area contributed by atoms with Crippen LogP contribution in [0.5, 0.6) is 11.5 Å². The van der Waals surface area contributed by atoms with Crippen LogP contribution < -0.4 is 20.1 Å². The Balaban J connectivity index is 1.97. The molecule has 1 aliphatic rings. The second kappa shape index (κ2) is 9.70. The first-order valence-electron chi connectivity index (χ1n) is 10.4. The zero-order valence-electron chi connectivity index (χ0n) is 18.4. The Morgan fingerprint density at radius 2 is 1.85 bits per heavy atom. The highest BCUT2D eigenvalue weighted by Gasteiger charge is 2.42. The van der Waals surface area contributed by atoms with E-state index in [2.05, 4.69) is 21.2 Å². The van der Waals surface area contributed by atoms with E-state index in [0.717, 1.165) is 27.4 Å². The van der Waals surface area contributed by atoms with Crippen molar-refractivity contribution >= 4 is 33.3 Å². The summed E-state index contributed by atoms with van der Waals surface area (Å²) in [5.74, 6) is -1.04. The molecule has 0 radical (unpaired) electrons. The van der Waals surface area contributed by atoms with Gasteiger partial charge in [0, 0.05) is 26.9 Å². The molecule has 1 aliphatic heterocycles. The number of esters is 1. The summed E-state index contributed by atoms with van der Waals surface area (Å²) in [6.07, 6.45) is -0.792. The first kappa shape index (κ1) is 23.5. The number of anilines is 1. The molecule has 0 saturated heterocycles. The molecule has 0 aromatic heterocycles. The summed E-state index contributed by atoms with van der Waals surface area (Å²) in [4.78, 5) is 24.0. The molecule has 1 heterocycles. The Kier molecular flexibility index (Phi) is 6.71. The smallest absolute Gasteiger partial charge is 0.361 e. The minimum atomic E-state index is -0.792. The van der Waals surface area contributed by atoms with E-state index in [-0.39, 0.29) is 23.9 Å². The number of quaternary nitrogens is 1. The van der Waals surface area contributed by atoms with Crippen molar-refractivity contribution in [2.75, 3.05) is 26.1 Å². The highest BCUT2D eigenvalue weighted by atomic mass is 79.9. The molecule has 4 rings (SSSR count). The third kappa shape index (κ3) is 4.42. The van der Waals surface area contributed by atoms with Gasteiger partial charge >= 0.3 is 5.97 Å². The van der Waals surface area contributed by atoms with Crippen LogP contribution in [0, 0.1) is 10.1 Å². The number of nitrogens with one attached hydrogen (secondary N) is 2. The fraction of sp³-hybridized carbons (Fsp3) is 0.208. The molecule has 10 heteroatoms. The van der Waals surface area contributed by atoms with Crippen LogP contribution in [-0.2, 0) is 9.53 Å². The van der Waals surface area contributed by atoms with Crippen molar-refractivity contribution in [2.24, 2.45) is 0 Å². The highest BCUT2D eigenvalue weighted by molar-refractivity contribution is 9.10. The minimum absolute atomic E-state index is 0.0931. The van der Waals surface area contributed by atoms with E-state index in [9.17, 15) is 20.0 Å². The summed E-state index contributed by atoms with van der Waals surface area (Å²) in [6.45, 7) is -0.0931. The van der Waals surface area contributed by atoms with Gasteiger partial charge in [-0.2, -0.15) is 0 Å². The zero-order chi connectivity index (χ0) is 24.4. The molecular weight excluding hydrogens is 506 g/mol. The number of hydrogen-bond donors (Lipinski definition) is 2. The number of carbonyl (C=O) groups excluding carboxylic acids is 1. The van der Waals surface area contributed by atoms with Gasteiger partial charge < -0.3 is 19.9 Å². The maximum atomic E-state index is 13.2. The number of nitrogens with zero attached hydrogens (tertiary/aromatic N) is 1. The number of hydrogen-bond acceptors (Lipinski definition) is 7. The average Bonchev–Trinajstić information content (AvgIpc) is 2.84. The van der Waals surface area contributed by atoms with Gasteiger partial charge in [0.1, 0.15) is 11.8 Å². The van der Waals surface area contributed by atoms with Crippen molar-refractivity contribution in [1.29, 1.82) is 0 Å². The number of halogens is 1. The highest BCUT2D eigenvalue weighted by Crippen LogP contribution is 2.40. The lowest BCUT2D eigenvalue weighted by Crippen LogP contribution is -3.15. The lowest BCUT2D eigenvalue weighted by Gasteiger charge is -2.41. The van der Waals surface area contributed by atoms with Gasteiger partial charge in [-0.15, -0.1) is 0 Å². The summed E-state index contributed by atoms with van der Waals surface area (Å²) < 4.78 is 11.1. The van der Waals surface area contributed by atoms with Gasteiger partial charge in [-0.05, 0) is 30.0 Å². The molecular formula is C24H22BrN3O6. The normalized spacial score (nSPS) is 19.0. The number of fused-ring (bicyclic) bond motifs is 1. The molecule has 1 unspecified atom stereocenters. The van der Waals surface area contributed by atoms with E-state index < -0.39 is 28.5 Å². The van der Waals surface area contributed by atoms with E-state index in [4.69, 9.17) is 9.47 Å². The number of nitro groups is 1. The predicted molar refractivity (Wildman–Crippen MR) is 126 cm³/mol. The van der Waals surface area contributed by atoms with Gasteiger partial charge in [0.05, 0.1) is 25.2 Å². The van der Waals surface area contributed by atoms with E-state index in [0.29, 0.717) is 4.90 Å². The van der Waals surface area contributed by atoms with E-state index in [1.165, 1.54) is 20.3 Å².